The van der Waals surface area contributed by atoms with Gasteiger partial charge in [0.2, 0.25) is 12.4 Å². The SMILES string of the molecule is CC#CC(/C=C\C=C/C)C1N=C(N/C(=C\C)COC2CCCCC2O)N(C=O)N1C. The lowest BCUT2D eigenvalue weighted by Gasteiger charge is -2.29. The molecule has 0 aromatic rings. The number of hydrogen-bond donors (Lipinski definition) is 2. The number of aliphatic hydroxyl groups is 1. The van der Waals surface area contributed by atoms with Gasteiger partial charge in [-0.05, 0) is 33.6 Å². The summed E-state index contributed by atoms with van der Waals surface area (Å²) in [6, 6.07) is 0. The number of hydrazine groups is 1. The average Bonchev–Trinajstić information content (AvgIpc) is 3.06. The molecule has 7 nitrogen and oxygen atoms in total. The minimum atomic E-state index is -0.417. The summed E-state index contributed by atoms with van der Waals surface area (Å²) in [4.78, 5) is 16.5. The van der Waals surface area contributed by atoms with Gasteiger partial charge in [0.1, 0.15) is 6.17 Å². The Kier molecular flexibility index (Phi) is 9.81. The number of carbonyl (C=O) groups excluding carboxylic acids is 1. The number of aliphatic hydroxyl groups excluding tert-OH is 1. The molecule has 4 atom stereocenters. The lowest BCUT2D eigenvalue weighted by Crippen LogP contribution is -2.47. The van der Waals surface area contributed by atoms with Gasteiger partial charge in [-0.25, -0.2) is 10.0 Å². The Bertz CT molecular complexity index is 747. The van der Waals surface area contributed by atoms with Gasteiger partial charge in [0.25, 0.3) is 0 Å². The molecule has 2 N–H and O–H groups in total. The minimum Gasteiger partial charge on any atom is -0.390 e. The topological polar surface area (TPSA) is 77.4 Å². The summed E-state index contributed by atoms with van der Waals surface area (Å²) in [6.07, 6.45) is 13.3. The molecule has 0 saturated heterocycles. The van der Waals surface area contributed by atoms with Crippen molar-refractivity contribution in [3.8, 4) is 11.8 Å². The third kappa shape index (κ3) is 6.30. The fraction of sp³-hybridized carbons (Fsp3) is 0.565. The Balaban J connectivity index is 2.11. The van der Waals surface area contributed by atoms with Gasteiger partial charge in [0, 0.05) is 12.7 Å². The van der Waals surface area contributed by atoms with Crippen LogP contribution in [0.2, 0.25) is 0 Å². The van der Waals surface area contributed by atoms with Crippen LogP contribution >= 0.6 is 0 Å². The van der Waals surface area contributed by atoms with Crippen LogP contribution in [0.3, 0.4) is 0 Å². The van der Waals surface area contributed by atoms with Crippen LogP contribution < -0.4 is 5.32 Å². The molecule has 30 heavy (non-hydrogen) atoms. The van der Waals surface area contributed by atoms with E-state index in [4.69, 9.17) is 9.73 Å². The van der Waals surface area contributed by atoms with Crippen LogP contribution in [0.4, 0.5) is 0 Å². The molecule has 0 spiro atoms. The molecule has 1 fully saturated rings. The van der Waals surface area contributed by atoms with Crippen molar-refractivity contribution in [3.63, 3.8) is 0 Å². The molecule has 1 aliphatic heterocycles. The average molecular weight is 415 g/mol. The normalized spacial score (nSPS) is 26.6. The standard InChI is InChI=1S/C23H34N4O3/c1-5-8-9-13-18(12-6-2)22-25-23(27(17-28)26(22)4)24-19(7-3)16-30-21-15-11-10-14-20(21)29/h5,7-9,13,17-18,20-22,29H,10-11,14-16H2,1-4H3,(H,24,25)/b8-5-,13-9-,19-7-. The summed E-state index contributed by atoms with van der Waals surface area (Å²) in [5, 5.41) is 16.5. The van der Waals surface area contributed by atoms with Crippen molar-refractivity contribution in [1.82, 2.24) is 15.3 Å². The number of aliphatic imine (C=N–C) groups is 1. The Labute approximate surface area is 180 Å². The number of nitrogens with zero attached hydrogens (tertiary/aromatic N) is 3. The summed E-state index contributed by atoms with van der Waals surface area (Å²) in [7, 11) is 1.81. The van der Waals surface area contributed by atoms with Crippen molar-refractivity contribution in [1.29, 1.82) is 0 Å². The van der Waals surface area contributed by atoms with Crippen molar-refractivity contribution >= 4 is 12.4 Å². The van der Waals surface area contributed by atoms with Crippen LogP contribution in [0.5, 0.6) is 0 Å². The number of amides is 1. The van der Waals surface area contributed by atoms with Gasteiger partial charge in [0.05, 0.1) is 24.7 Å². The summed E-state index contributed by atoms with van der Waals surface area (Å²) in [6.45, 7) is 5.96. The van der Waals surface area contributed by atoms with Crippen molar-refractivity contribution in [2.24, 2.45) is 10.9 Å². The van der Waals surface area contributed by atoms with Gasteiger partial charge in [-0.1, -0.05) is 49.1 Å². The lowest BCUT2D eigenvalue weighted by atomic mass is 9.95. The summed E-state index contributed by atoms with van der Waals surface area (Å²) in [5.41, 5.74) is 0.787. The number of nitrogens with one attached hydrogen (secondary N) is 1. The summed E-state index contributed by atoms with van der Waals surface area (Å²) in [5.74, 6) is 6.38. The van der Waals surface area contributed by atoms with Crippen LogP contribution in [0.1, 0.15) is 46.5 Å². The lowest BCUT2D eigenvalue weighted by molar-refractivity contribution is -0.125. The summed E-state index contributed by atoms with van der Waals surface area (Å²) < 4.78 is 5.94. The van der Waals surface area contributed by atoms with E-state index in [9.17, 15) is 9.90 Å². The van der Waals surface area contributed by atoms with Crippen molar-refractivity contribution < 1.29 is 14.6 Å². The number of allylic oxidation sites excluding steroid dienone is 4. The minimum absolute atomic E-state index is 0.153. The maximum Gasteiger partial charge on any atom is 0.231 e. The van der Waals surface area contributed by atoms with E-state index >= 15 is 0 Å². The van der Waals surface area contributed by atoms with E-state index in [0.29, 0.717) is 12.6 Å². The van der Waals surface area contributed by atoms with Crippen LogP contribution in [-0.2, 0) is 9.53 Å². The second-order valence-electron chi connectivity index (χ2n) is 7.36. The van der Waals surface area contributed by atoms with Gasteiger partial charge >= 0.3 is 0 Å². The first kappa shape index (κ1) is 23.9. The quantitative estimate of drug-likeness (QED) is 0.363. The third-order valence-corrected chi connectivity index (χ3v) is 5.29. The highest BCUT2D eigenvalue weighted by Gasteiger charge is 2.35. The smallest absolute Gasteiger partial charge is 0.231 e. The molecule has 4 unspecified atom stereocenters. The number of guanidine groups is 1. The molecule has 0 radical (unpaired) electrons. The van der Waals surface area contributed by atoms with Crippen molar-refractivity contribution in [2.45, 2.75) is 64.8 Å². The molecule has 1 saturated carbocycles. The first-order valence-electron chi connectivity index (χ1n) is 10.5. The maximum absolute atomic E-state index is 11.7. The van der Waals surface area contributed by atoms with E-state index < -0.39 is 6.10 Å². The van der Waals surface area contributed by atoms with E-state index in [1.54, 1.807) is 11.9 Å². The second-order valence-corrected chi connectivity index (χ2v) is 7.36. The van der Waals surface area contributed by atoms with E-state index in [0.717, 1.165) is 37.8 Å². The highest BCUT2D eigenvalue weighted by molar-refractivity contribution is 5.90. The summed E-state index contributed by atoms with van der Waals surface area (Å²) >= 11 is 0. The number of hydrogen-bond acceptors (Lipinski definition) is 6. The van der Waals surface area contributed by atoms with E-state index in [1.807, 2.05) is 51.3 Å². The number of carbonyl (C=O) groups is 1. The fourth-order valence-electron chi connectivity index (χ4n) is 3.56. The van der Waals surface area contributed by atoms with Gasteiger partial charge in [-0.3, -0.25) is 4.79 Å². The highest BCUT2D eigenvalue weighted by Crippen LogP contribution is 2.23. The van der Waals surface area contributed by atoms with Gasteiger partial charge in [-0.15, -0.1) is 5.92 Å². The maximum atomic E-state index is 11.7. The van der Waals surface area contributed by atoms with Crippen molar-refractivity contribution in [3.05, 3.63) is 36.1 Å². The predicted molar refractivity (Wildman–Crippen MR) is 119 cm³/mol. The second kappa shape index (κ2) is 12.3. The molecular weight excluding hydrogens is 380 g/mol. The first-order valence-corrected chi connectivity index (χ1v) is 10.5. The van der Waals surface area contributed by atoms with Crippen LogP contribution in [0.25, 0.3) is 0 Å². The van der Waals surface area contributed by atoms with Crippen LogP contribution in [-0.4, -0.2) is 59.5 Å². The third-order valence-electron chi connectivity index (χ3n) is 5.29. The molecule has 164 valence electrons. The Morgan fingerprint density at radius 3 is 2.77 bits per heavy atom. The molecule has 1 aliphatic carbocycles. The molecule has 0 aromatic heterocycles. The molecule has 1 heterocycles. The number of ether oxygens (including phenoxy) is 1. The van der Waals surface area contributed by atoms with Crippen molar-refractivity contribution in [2.75, 3.05) is 13.7 Å². The molecule has 0 aromatic carbocycles. The first-order chi connectivity index (χ1) is 14.5. The van der Waals surface area contributed by atoms with Crippen LogP contribution in [0, 0.1) is 17.8 Å². The zero-order valence-corrected chi connectivity index (χ0v) is 18.4. The Hall–Kier alpha value is -2.40. The molecule has 0 bridgehead atoms. The van der Waals surface area contributed by atoms with Gasteiger partial charge in [-0.2, -0.15) is 5.01 Å². The molecular formula is C23H34N4O3. The fourth-order valence-corrected chi connectivity index (χ4v) is 3.56. The largest absolute Gasteiger partial charge is 0.390 e. The molecule has 2 rings (SSSR count). The molecule has 7 heteroatoms. The Morgan fingerprint density at radius 2 is 2.13 bits per heavy atom. The van der Waals surface area contributed by atoms with Crippen LogP contribution in [0.15, 0.2) is 41.1 Å². The van der Waals surface area contributed by atoms with E-state index in [-0.39, 0.29) is 18.2 Å². The monoisotopic (exact) mass is 414 g/mol. The van der Waals surface area contributed by atoms with E-state index in [1.165, 1.54) is 5.01 Å². The van der Waals surface area contributed by atoms with E-state index in [2.05, 4.69) is 17.2 Å². The van der Waals surface area contributed by atoms with Gasteiger partial charge < -0.3 is 15.2 Å². The van der Waals surface area contributed by atoms with Gasteiger partial charge in [0.15, 0.2) is 0 Å². The highest BCUT2D eigenvalue weighted by atomic mass is 16.5. The zero-order valence-electron chi connectivity index (χ0n) is 18.4. The molecule has 2 aliphatic rings. The predicted octanol–water partition coefficient (Wildman–Crippen LogP) is 2.57. The zero-order chi connectivity index (χ0) is 21.9. The molecule has 1 amide bonds. The Morgan fingerprint density at radius 1 is 1.37 bits per heavy atom. The number of rotatable bonds is 8.